The van der Waals surface area contributed by atoms with Gasteiger partial charge in [0.25, 0.3) is 11.5 Å². The number of rotatable bonds is 10. The fraction of sp³-hybridized carbons (Fsp3) is 0.212. The monoisotopic (exact) mass is 631 g/mol. The summed E-state index contributed by atoms with van der Waals surface area (Å²) in [5.74, 6) is 0.154. The Morgan fingerprint density at radius 3 is 2.48 bits per heavy atom. The smallest absolute Gasteiger partial charge is 0.344 e. The van der Waals surface area contributed by atoms with Crippen LogP contribution >= 0.6 is 22.9 Å². The summed E-state index contributed by atoms with van der Waals surface area (Å²) in [6.45, 7) is 5.82. The second-order valence-corrected chi connectivity index (χ2v) is 11.1. The summed E-state index contributed by atoms with van der Waals surface area (Å²) in [6, 6.07) is 20.6. The number of halogens is 1. The Balaban J connectivity index is 1.62. The van der Waals surface area contributed by atoms with Crippen LogP contribution in [0.4, 0.5) is 5.69 Å². The lowest BCUT2D eigenvalue weighted by Gasteiger charge is -2.25. The molecule has 0 saturated carbocycles. The standard InChI is InChI=1S/C33H30ClN3O6S/c1-4-41-25-14-11-21(12-15-25)30-29(31(39)36-24-9-7-6-8-10-24)20(3)35-33-37(30)32(40)27(44-33)18-22-17-23(34)13-16-26(22)43-19-28(38)42-5-2/h6-18,30H,4-5,19H2,1-3H3,(H,36,39)/b27-18-/t30-/m0/s1. The van der Waals surface area contributed by atoms with Gasteiger partial charge in [-0.25, -0.2) is 9.79 Å². The molecular weight excluding hydrogens is 602 g/mol. The molecule has 5 rings (SSSR count). The minimum atomic E-state index is -0.758. The number of thiazole rings is 1. The Morgan fingerprint density at radius 1 is 1.02 bits per heavy atom. The maximum Gasteiger partial charge on any atom is 0.344 e. The lowest BCUT2D eigenvalue weighted by Crippen LogP contribution is -2.40. The molecule has 1 amide bonds. The lowest BCUT2D eigenvalue weighted by molar-refractivity contribution is -0.145. The van der Waals surface area contributed by atoms with Crippen LogP contribution in [-0.2, 0) is 14.3 Å². The molecule has 11 heteroatoms. The Labute approximate surface area is 262 Å². The molecule has 0 spiro atoms. The van der Waals surface area contributed by atoms with Gasteiger partial charge in [0.05, 0.1) is 35.1 Å². The molecule has 44 heavy (non-hydrogen) atoms. The Hall–Kier alpha value is -4.67. The third-order valence-corrected chi connectivity index (χ3v) is 7.93. The van der Waals surface area contributed by atoms with Gasteiger partial charge in [-0.1, -0.05) is 53.3 Å². The van der Waals surface area contributed by atoms with Gasteiger partial charge in [0.2, 0.25) is 0 Å². The quantitative estimate of drug-likeness (QED) is 0.250. The highest BCUT2D eigenvalue weighted by atomic mass is 35.5. The molecule has 0 radical (unpaired) electrons. The van der Waals surface area contributed by atoms with E-state index in [1.54, 1.807) is 50.3 Å². The first-order valence-electron chi connectivity index (χ1n) is 14.0. The van der Waals surface area contributed by atoms with E-state index < -0.39 is 12.0 Å². The minimum Gasteiger partial charge on any atom is -0.494 e. The van der Waals surface area contributed by atoms with Gasteiger partial charge in [0, 0.05) is 16.3 Å². The Morgan fingerprint density at radius 2 is 1.77 bits per heavy atom. The maximum absolute atomic E-state index is 14.1. The number of nitrogens with one attached hydrogen (secondary N) is 1. The highest BCUT2D eigenvalue weighted by Gasteiger charge is 2.32. The summed E-state index contributed by atoms with van der Waals surface area (Å²) in [5.41, 5.74) is 2.33. The molecule has 9 nitrogen and oxygen atoms in total. The van der Waals surface area contributed by atoms with Crippen LogP contribution in [0.3, 0.4) is 0 Å². The Kier molecular flexibility index (Phi) is 9.62. The lowest BCUT2D eigenvalue weighted by atomic mass is 9.95. The SMILES string of the molecule is CCOC(=O)COc1ccc(Cl)cc1/C=c1\sc2n(c1=O)[C@@H](c1ccc(OCC)cc1)C(C(=O)Nc1ccccc1)=C(C)N=2. The number of fused-ring (bicyclic) bond motifs is 1. The molecular formula is C33H30ClN3O6S. The van der Waals surface area contributed by atoms with Crippen molar-refractivity contribution in [2.24, 2.45) is 4.99 Å². The molecule has 0 saturated heterocycles. The molecule has 0 bridgehead atoms. The van der Waals surface area contributed by atoms with Gasteiger partial charge in [-0.2, -0.15) is 0 Å². The molecule has 226 valence electrons. The zero-order chi connectivity index (χ0) is 31.2. The van der Waals surface area contributed by atoms with Crippen LogP contribution in [-0.4, -0.2) is 36.3 Å². The van der Waals surface area contributed by atoms with Crippen molar-refractivity contribution < 1.29 is 23.8 Å². The zero-order valence-electron chi connectivity index (χ0n) is 24.3. The second kappa shape index (κ2) is 13.7. The number of benzene rings is 3. The number of hydrogen-bond donors (Lipinski definition) is 1. The third-order valence-electron chi connectivity index (χ3n) is 6.71. The van der Waals surface area contributed by atoms with E-state index >= 15 is 0 Å². The van der Waals surface area contributed by atoms with E-state index in [1.165, 1.54) is 15.9 Å². The van der Waals surface area contributed by atoms with E-state index in [1.807, 2.05) is 49.4 Å². The van der Waals surface area contributed by atoms with Crippen molar-refractivity contribution >= 4 is 46.6 Å². The average molecular weight is 632 g/mol. The summed E-state index contributed by atoms with van der Waals surface area (Å²) in [7, 11) is 0. The molecule has 3 aromatic carbocycles. The first-order chi connectivity index (χ1) is 21.3. The first kappa shape index (κ1) is 30.8. The molecule has 1 N–H and O–H groups in total. The van der Waals surface area contributed by atoms with Crippen molar-refractivity contribution in [3.63, 3.8) is 0 Å². The van der Waals surface area contributed by atoms with Crippen molar-refractivity contribution in [1.82, 2.24) is 4.57 Å². The van der Waals surface area contributed by atoms with Crippen LogP contribution in [0, 0.1) is 0 Å². The number of carbonyl (C=O) groups is 2. The summed E-state index contributed by atoms with van der Waals surface area (Å²) < 4.78 is 18.2. The number of hydrogen-bond acceptors (Lipinski definition) is 8. The predicted molar refractivity (Wildman–Crippen MR) is 170 cm³/mol. The normalized spacial score (nSPS) is 14.5. The van der Waals surface area contributed by atoms with Gasteiger partial charge in [-0.05, 0) is 74.9 Å². The summed E-state index contributed by atoms with van der Waals surface area (Å²) >= 11 is 7.47. The summed E-state index contributed by atoms with van der Waals surface area (Å²) in [5, 5.41) is 3.37. The number of amides is 1. The third kappa shape index (κ3) is 6.77. The predicted octanol–water partition coefficient (Wildman–Crippen LogP) is 4.87. The molecule has 1 atom stereocenters. The topological polar surface area (TPSA) is 108 Å². The number of aromatic nitrogens is 1. The van der Waals surface area contributed by atoms with E-state index in [2.05, 4.69) is 5.32 Å². The second-order valence-electron chi connectivity index (χ2n) is 9.68. The van der Waals surface area contributed by atoms with Crippen molar-refractivity contribution in [3.8, 4) is 11.5 Å². The van der Waals surface area contributed by atoms with E-state index in [-0.39, 0.29) is 24.7 Å². The number of para-hydroxylation sites is 1. The van der Waals surface area contributed by atoms with Gasteiger partial charge in [0.15, 0.2) is 11.4 Å². The van der Waals surface area contributed by atoms with Crippen LogP contribution in [0.2, 0.25) is 5.02 Å². The highest BCUT2D eigenvalue weighted by molar-refractivity contribution is 7.07. The van der Waals surface area contributed by atoms with Gasteiger partial charge in [-0.3, -0.25) is 14.2 Å². The van der Waals surface area contributed by atoms with E-state index in [9.17, 15) is 14.4 Å². The number of esters is 1. The number of ether oxygens (including phenoxy) is 3. The van der Waals surface area contributed by atoms with E-state index in [0.29, 0.717) is 55.0 Å². The van der Waals surface area contributed by atoms with Crippen molar-refractivity contribution in [3.05, 3.63) is 120 Å². The molecule has 1 aliphatic rings. The van der Waals surface area contributed by atoms with Crippen LogP contribution < -0.4 is 29.7 Å². The fourth-order valence-electron chi connectivity index (χ4n) is 4.80. The van der Waals surface area contributed by atoms with Gasteiger partial charge >= 0.3 is 5.97 Å². The van der Waals surface area contributed by atoms with E-state index in [0.717, 1.165) is 5.56 Å². The van der Waals surface area contributed by atoms with Crippen LogP contribution in [0.1, 0.15) is 37.9 Å². The number of carbonyl (C=O) groups excluding carboxylic acids is 2. The molecule has 4 aromatic rings. The Bertz CT molecular complexity index is 1900. The van der Waals surface area contributed by atoms with Gasteiger partial charge < -0.3 is 19.5 Å². The largest absolute Gasteiger partial charge is 0.494 e. The number of anilines is 1. The van der Waals surface area contributed by atoms with Crippen molar-refractivity contribution in [2.45, 2.75) is 26.8 Å². The minimum absolute atomic E-state index is 0.233. The molecule has 0 unspecified atom stereocenters. The fourth-order valence-corrected chi connectivity index (χ4v) is 6.02. The molecule has 0 aliphatic carbocycles. The molecule has 2 heterocycles. The average Bonchev–Trinajstić information content (AvgIpc) is 3.31. The highest BCUT2D eigenvalue weighted by Crippen LogP contribution is 2.32. The van der Waals surface area contributed by atoms with Crippen LogP contribution in [0.15, 0.2) is 93.9 Å². The van der Waals surface area contributed by atoms with Crippen molar-refractivity contribution in [2.75, 3.05) is 25.1 Å². The number of nitrogens with zero attached hydrogens (tertiary/aromatic N) is 2. The molecule has 0 fully saturated rings. The molecule has 1 aromatic heterocycles. The van der Waals surface area contributed by atoms with E-state index in [4.69, 9.17) is 30.8 Å². The summed E-state index contributed by atoms with van der Waals surface area (Å²) in [6.07, 6.45) is 1.65. The number of allylic oxidation sites excluding steroid dienone is 1. The van der Waals surface area contributed by atoms with Crippen LogP contribution in [0.5, 0.6) is 11.5 Å². The summed E-state index contributed by atoms with van der Waals surface area (Å²) in [4.78, 5) is 44.9. The van der Waals surface area contributed by atoms with Crippen molar-refractivity contribution in [1.29, 1.82) is 0 Å². The van der Waals surface area contributed by atoms with Gasteiger partial charge in [0.1, 0.15) is 11.5 Å². The first-order valence-corrected chi connectivity index (χ1v) is 15.2. The molecule has 1 aliphatic heterocycles. The zero-order valence-corrected chi connectivity index (χ0v) is 25.9. The maximum atomic E-state index is 14.1. The van der Waals surface area contributed by atoms with Crippen LogP contribution in [0.25, 0.3) is 6.08 Å². The van der Waals surface area contributed by atoms with Gasteiger partial charge in [-0.15, -0.1) is 0 Å².